The van der Waals surface area contributed by atoms with Crippen LogP contribution in [0.1, 0.15) is 78.4 Å². The van der Waals surface area contributed by atoms with Crippen LogP contribution < -0.4 is 11.1 Å². The number of halogens is 3. The Bertz CT molecular complexity index is 1250. The van der Waals surface area contributed by atoms with E-state index >= 15 is 0 Å². The number of nitrogens with two attached hydrogens (primary N) is 1. The summed E-state index contributed by atoms with van der Waals surface area (Å²) in [6.45, 7) is 18.2. The topological polar surface area (TPSA) is 97.1 Å². The van der Waals surface area contributed by atoms with Crippen molar-refractivity contribution in [3.05, 3.63) is 62.3 Å². The van der Waals surface area contributed by atoms with E-state index in [0.717, 1.165) is 67.6 Å². The molecule has 0 spiro atoms. The summed E-state index contributed by atoms with van der Waals surface area (Å²) >= 11 is 6.67. The minimum atomic E-state index is -0.432. The molecule has 2 heterocycles. The lowest BCUT2D eigenvalue weighted by Gasteiger charge is -2.34. The van der Waals surface area contributed by atoms with Crippen LogP contribution in [0.2, 0.25) is 0 Å². The fourth-order valence-electron chi connectivity index (χ4n) is 4.50. The van der Waals surface area contributed by atoms with Crippen LogP contribution in [-0.2, 0) is 9.47 Å². The molecule has 0 aliphatic carbocycles. The van der Waals surface area contributed by atoms with Crippen molar-refractivity contribution < 1.29 is 23.5 Å². The lowest BCUT2D eigenvalue weighted by molar-refractivity contribution is 0.0197. The number of hydrogen-bond donors (Lipinski definition) is 2. The molecule has 0 radical (unpaired) electrons. The molecule has 0 atom stereocenters. The Labute approximate surface area is 285 Å². The summed E-state index contributed by atoms with van der Waals surface area (Å²) in [5.74, 6) is -0.208. The minimum absolute atomic E-state index is 0.206. The number of rotatable bonds is 2. The van der Waals surface area contributed by atoms with E-state index in [9.17, 15) is 14.0 Å². The molecule has 0 aromatic heterocycles. The third kappa shape index (κ3) is 15.2. The normalized spacial score (nSPS) is 16.1. The number of amides is 2. The summed E-state index contributed by atoms with van der Waals surface area (Å²) in [6, 6.07) is 11.9. The Balaban J connectivity index is 0.000000261. The fraction of sp³-hybridized carbons (Fsp3) is 0.588. The van der Waals surface area contributed by atoms with Crippen LogP contribution in [0.25, 0.3) is 0 Å². The average molecular weight is 759 g/mol. The highest BCUT2D eigenvalue weighted by Crippen LogP contribution is 2.26. The number of nitrogens with one attached hydrogen (secondary N) is 1. The monoisotopic (exact) mass is 756 g/mol. The molecule has 2 aliphatic heterocycles. The van der Waals surface area contributed by atoms with Gasteiger partial charge in [0, 0.05) is 48.4 Å². The van der Waals surface area contributed by atoms with Gasteiger partial charge in [-0.15, -0.1) is 0 Å². The Morgan fingerprint density at radius 3 is 1.60 bits per heavy atom. The second-order valence-corrected chi connectivity index (χ2v) is 15.3. The van der Waals surface area contributed by atoms with Crippen molar-refractivity contribution in [2.45, 2.75) is 104 Å². The number of carbonyl (C=O) groups excluding carboxylic acids is 2. The van der Waals surface area contributed by atoms with E-state index in [1.54, 1.807) is 21.9 Å². The zero-order valence-electron chi connectivity index (χ0n) is 28.0. The molecule has 2 aliphatic rings. The third-order valence-corrected chi connectivity index (χ3v) is 8.16. The molecule has 8 nitrogen and oxygen atoms in total. The number of ether oxygens (including phenoxy) is 2. The van der Waals surface area contributed by atoms with Crippen LogP contribution in [0.4, 0.5) is 19.7 Å². The highest BCUT2D eigenvalue weighted by atomic mass is 79.9. The van der Waals surface area contributed by atoms with Crippen LogP contribution in [0.5, 0.6) is 0 Å². The van der Waals surface area contributed by atoms with Gasteiger partial charge in [0.1, 0.15) is 17.0 Å². The number of benzene rings is 2. The predicted molar refractivity (Wildman–Crippen MR) is 187 cm³/mol. The molecule has 252 valence electrons. The molecule has 2 saturated heterocycles. The summed E-state index contributed by atoms with van der Waals surface area (Å²) in [4.78, 5) is 27.2. The first-order valence-corrected chi connectivity index (χ1v) is 17.1. The summed E-state index contributed by atoms with van der Waals surface area (Å²) in [5.41, 5.74) is 8.31. The Morgan fingerprint density at radius 1 is 0.778 bits per heavy atom. The largest absolute Gasteiger partial charge is 0.444 e. The molecule has 2 aromatic rings. The average Bonchev–Trinajstić information content (AvgIpc) is 2.92. The zero-order chi connectivity index (χ0) is 33.9. The molecule has 2 aromatic carbocycles. The smallest absolute Gasteiger partial charge is 0.410 e. The van der Waals surface area contributed by atoms with Gasteiger partial charge in [-0.2, -0.15) is 0 Å². The number of likely N-dealkylation sites (tertiary alicyclic amines) is 2. The fourth-order valence-corrected chi connectivity index (χ4v) is 5.60. The molecule has 2 fully saturated rings. The first-order valence-electron chi connectivity index (χ1n) is 15.5. The number of carbonyl (C=O) groups is 2. The van der Waals surface area contributed by atoms with Crippen LogP contribution in [0.15, 0.2) is 45.3 Å². The molecule has 0 unspecified atom stereocenters. The van der Waals surface area contributed by atoms with Gasteiger partial charge in [0.05, 0.1) is 4.47 Å². The SMILES string of the molecule is CC(C)(C)OC(=O)N1CCC(N)CC1.Cc1ccc(F)c(Br)c1.Cc1ccc(NC2CCN(C(=O)OC(C)(C)C)CC2)c(Br)c1. The number of nitrogens with zero attached hydrogens (tertiary/aromatic N) is 2. The first kappa shape index (κ1) is 38.8. The van der Waals surface area contributed by atoms with Gasteiger partial charge in [0.2, 0.25) is 0 Å². The Morgan fingerprint density at radius 2 is 1.20 bits per heavy atom. The highest BCUT2D eigenvalue weighted by molar-refractivity contribution is 9.10. The van der Waals surface area contributed by atoms with Crippen LogP contribution in [0, 0.1) is 19.7 Å². The van der Waals surface area contributed by atoms with Gasteiger partial charge in [-0.25, -0.2) is 14.0 Å². The lowest BCUT2D eigenvalue weighted by Crippen LogP contribution is -2.44. The number of anilines is 1. The molecule has 0 saturated carbocycles. The van der Waals surface area contributed by atoms with Crippen LogP contribution in [-0.4, -0.2) is 71.5 Å². The van der Waals surface area contributed by atoms with Crippen LogP contribution >= 0.6 is 31.9 Å². The molecule has 45 heavy (non-hydrogen) atoms. The first-order chi connectivity index (χ1) is 20.8. The predicted octanol–water partition coefficient (Wildman–Crippen LogP) is 8.81. The Hall–Kier alpha value is -2.37. The maximum atomic E-state index is 12.5. The molecule has 11 heteroatoms. The van der Waals surface area contributed by atoms with Crippen molar-refractivity contribution in [1.29, 1.82) is 0 Å². The number of hydrogen-bond acceptors (Lipinski definition) is 6. The maximum Gasteiger partial charge on any atom is 0.410 e. The summed E-state index contributed by atoms with van der Waals surface area (Å²) in [7, 11) is 0. The van der Waals surface area contributed by atoms with Crippen molar-refractivity contribution in [1.82, 2.24) is 9.80 Å². The van der Waals surface area contributed by atoms with Crippen molar-refractivity contribution in [3.63, 3.8) is 0 Å². The molecule has 4 rings (SSSR count). The zero-order valence-corrected chi connectivity index (χ0v) is 31.2. The van der Waals surface area contributed by atoms with Gasteiger partial charge >= 0.3 is 12.2 Å². The standard InChI is InChI=1S/C17H25BrN2O2.C10H20N2O2.C7H6BrF/c1-12-5-6-15(14(18)11-12)19-13-7-9-20(10-8-13)16(21)22-17(2,3)4;1-10(2,3)14-9(13)12-6-4-8(11)5-7-12;1-5-2-3-7(9)6(8)4-5/h5-6,11,13,19H,7-10H2,1-4H3;8H,4-7,11H2,1-3H3;2-4H,1H3. The van der Waals surface area contributed by atoms with Gasteiger partial charge in [-0.3, -0.25) is 0 Å². The van der Waals surface area contributed by atoms with Gasteiger partial charge in [-0.05, 0) is 148 Å². The van der Waals surface area contributed by atoms with Crippen molar-refractivity contribution in [2.75, 3.05) is 31.5 Å². The van der Waals surface area contributed by atoms with E-state index in [-0.39, 0.29) is 24.0 Å². The van der Waals surface area contributed by atoms with E-state index in [2.05, 4.69) is 62.3 Å². The van der Waals surface area contributed by atoms with E-state index < -0.39 is 11.2 Å². The second-order valence-electron chi connectivity index (χ2n) is 13.6. The molecule has 0 bridgehead atoms. The lowest BCUT2D eigenvalue weighted by atomic mass is 10.0. The van der Waals surface area contributed by atoms with Gasteiger partial charge in [0.15, 0.2) is 0 Å². The van der Waals surface area contributed by atoms with Gasteiger partial charge in [-0.1, -0.05) is 12.1 Å². The quantitative estimate of drug-likeness (QED) is 0.318. The van der Waals surface area contributed by atoms with E-state index in [1.165, 1.54) is 11.6 Å². The Kier molecular flexibility index (Phi) is 15.1. The summed E-state index contributed by atoms with van der Waals surface area (Å²) < 4.78 is 24.7. The van der Waals surface area contributed by atoms with Crippen molar-refractivity contribution >= 4 is 49.7 Å². The highest BCUT2D eigenvalue weighted by Gasteiger charge is 2.27. The summed E-state index contributed by atoms with van der Waals surface area (Å²) in [5, 5.41) is 3.56. The van der Waals surface area contributed by atoms with E-state index in [4.69, 9.17) is 15.2 Å². The van der Waals surface area contributed by atoms with Crippen molar-refractivity contribution in [2.24, 2.45) is 5.73 Å². The summed E-state index contributed by atoms with van der Waals surface area (Å²) in [6.07, 6.45) is 3.18. The van der Waals surface area contributed by atoms with Gasteiger partial charge < -0.3 is 30.3 Å². The van der Waals surface area contributed by atoms with E-state index in [0.29, 0.717) is 10.5 Å². The molecule has 3 N–H and O–H groups in total. The molecular formula is C34H51Br2FN4O4. The molecular weight excluding hydrogens is 707 g/mol. The minimum Gasteiger partial charge on any atom is -0.444 e. The van der Waals surface area contributed by atoms with Crippen molar-refractivity contribution in [3.8, 4) is 0 Å². The molecule has 2 amide bonds. The number of piperidine rings is 2. The van der Waals surface area contributed by atoms with Gasteiger partial charge in [0.25, 0.3) is 0 Å². The second kappa shape index (κ2) is 17.5. The van der Waals surface area contributed by atoms with E-state index in [1.807, 2.05) is 48.5 Å². The maximum absolute atomic E-state index is 12.5. The van der Waals surface area contributed by atoms with Crippen LogP contribution in [0.3, 0.4) is 0 Å². The number of aryl methyl sites for hydroxylation is 2. The third-order valence-electron chi connectivity index (χ3n) is 6.90.